The minimum absolute atomic E-state index is 0.0568. The molecule has 0 unspecified atom stereocenters. The fraction of sp³-hybridized carbons (Fsp3) is 0.550. The number of methoxy groups -OCH3 is 1. The van der Waals surface area contributed by atoms with E-state index in [0.29, 0.717) is 35.2 Å². The molecule has 7 nitrogen and oxygen atoms in total. The van der Waals surface area contributed by atoms with Crippen molar-refractivity contribution in [1.82, 2.24) is 10.2 Å². The van der Waals surface area contributed by atoms with Crippen LogP contribution in [0.25, 0.3) is 0 Å². The normalized spacial score (nSPS) is 26.3. The summed E-state index contributed by atoms with van der Waals surface area (Å²) in [6, 6.07) is 4.31. The third-order valence-corrected chi connectivity index (χ3v) is 5.66. The standard InChI is InChI=1S/C20H26ClN3O4/c1-12-8-19(2,3)11-20(9-12)17(26)24(18(27)23-20)10-16(25)22-13-5-6-15(28-4)14(21)7-13/h5-7,12H,8-11H2,1-4H3,(H,22,25)(H,23,27)/t12-,20-/m0/s1. The molecule has 1 aliphatic heterocycles. The summed E-state index contributed by atoms with van der Waals surface area (Å²) in [7, 11) is 1.50. The SMILES string of the molecule is COc1ccc(NC(=O)CN2C(=O)N[C@]3(C[C@@H](C)CC(C)(C)C3)C2=O)cc1Cl. The highest BCUT2D eigenvalue weighted by Crippen LogP contribution is 2.46. The number of nitrogens with one attached hydrogen (secondary N) is 2. The van der Waals surface area contributed by atoms with E-state index in [9.17, 15) is 14.4 Å². The van der Waals surface area contributed by atoms with Crippen LogP contribution in [0.4, 0.5) is 10.5 Å². The van der Waals surface area contributed by atoms with Crippen molar-refractivity contribution in [2.45, 2.75) is 45.6 Å². The minimum Gasteiger partial charge on any atom is -0.495 e. The molecule has 0 radical (unpaired) electrons. The summed E-state index contributed by atoms with van der Waals surface area (Å²) in [4.78, 5) is 39.0. The largest absolute Gasteiger partial charge is 0.495 e. The maximum Gasteiger partial charge on any atom is 0.325 e. The molecule has 1 saturated carbocycles. The van der Waals surface area contributed by atoms with Crippen molar-refractivity contribution in [2.75, 3.05) is 19.0 Å². The summed E-state index contributed by atoms with van der Waals surface area (Å²) in [5.74, 6) is 0.0119. The molecular weight excluding hydrogens is 382 g/mol. The third-order valence-electron chi connectivity index (χ3n) is 5.36. The lowest BCUT2D eigenvalue weighted by Gasteiger charge is -2.43. The first-order valence-corrected chi connectivity index (χ1v) is 9.70. The van der Waals surface area contributed by atoms with E-state index in [1.165, 1.54) is 7.11 Å². The Balaban J connectivity index is 1.70. The number of hydrogen-bond acceptors (Lipinski definition) is 4. The molecule has 1 aromatic carbocycles. The van der Waals surface area contributed by atoms with Crippen LogP contribution in [-0.2, 0) is 9.59 Å². The van der Waals surface area contributed by atoms with Gasteiger partial charge in [0.05, 0.1) is 12.1 Å². The van der Waals surface area contributed by atoms with Gasteiger partial charge in [-0.05, 0) is 48.8 Å². The predicted octanol–water partition coefficient (Wildman–Crippen LogP) is 3.42. The highest BCUT2D eigenvalue weighted by Gasteiger charge is 2.56. The van der Waals surface area contributed by atoms with Crippen LogP contribution in [0.1, 0.15) is 40.0 Å². The summed E-state index contributed by atoms with van der Waals surface area (Å²) in [6.07, 6.45) is 2.16. The van der Waals surface area contributed by atoms with Crippen molar-refractivity contribution in [3.63, 3.8) is 0 Å². The van der Waals surface area contributed by atoms with Gasteiger partial charge in [-0.15, -0.1) is 0 Å². The molecule has 1 heterocycles. The Morgan fingerprint density at radius 2 is 2.07 bits per heavy atom. The number of carbonyl (C=O) groups excluding carboxylic acids is 3. The number of nitrogens with zero attached hydrogens (tertiary/aromatic N) is 1. The van der Waals surface area contributed by atoms with Gasteiger partial charge in [0.25, 0.3) is 5.91 Å². The molecule has 4 amide bonds. The number of urea groups is 1. The number of imide groups is 1. The molecule has 2 N–H and O–H groups in total. The van der Waals surface area contributed by atoms with Gasteiger partial charge in [-0.2, -0.15) is 0 Å². The van der Waals surface area contributed by atoms with Crippen molar-refractivity contribution in [1.29, 1.82) is 0 Å². The van der Waals surface area contributed by atoms with Crippen molar-refractivity contribution in [2.24, 2.45) is 11.3 Å². The summed E-state index contributed by atoms with van der Waals surface area (Å²) >= 11 is 6.06. The topological polar surface area (TPSA) is 87.7 Å². The molecule has 28 heavy (non-hydrogen) atoms. The second-order valence-corrected chi connectivity index (χ2v) is 9.06. The summed E-state index contributed by atoms with van der Waals surface area (Å²) in [6.45, 7) is 5.95. The summed E-state index contributed by atoms with van der Waals surface area (Å²) in [5, 5.41) is 5.89. The van der Waals surface area contributed by atoms with Crippen LogP contribution in [0.15, 0.2) is 18.2 Å². The highest BCUT2D eigenvalue weighted by atomic mass is 35.5. The van der Waals surface area contributed by atoms with Gasteiger partial charge in [-0.1, -0.05) is 32.4 Å². The number of amides is 4. The smallest absolute Gasteiger partial charge is 0.325 e. The Morgan fingerprint density at radius 3 is 2.68 bits per heavy atom. The molecule has 152 valence electrons. The van der Waals surface area contributed by atoms with E-state index in [2.05, 4.69) is 31.4 Å². The number of rotatable bonds is 4. The van der Waals surface area contributed by atoms with E-state index < -0.39 is 17.5 Å². The fourth-order valence-corrected chi connectivity index (χ4v) is 5.00. The maximum absolute atomic E-state index is 13.1. The number of halogens is 1. The minimum atomic E-state index is -0.915. The predicted molar refractivity (Wildman–Crippen MR) is 106 cm³/mol. The van der Waals surface area contributed by atoms with Crippen LogP contribution in [0.5, 0.6) is 5.75 Å². The quantitative estimate of drug-likeness (QED) is 0.748. The first-order valence-electron chi connectivity index (χ1n) is 9.33. The fourth-order valence-electron chi connectivity index (χ4n) is 4.74. The van der Waals surface area contributed by atoms with E-state index in [1.54, 1.807) is 18.2 Å². The molecule has 1 aliphatic carbocycles. The molecule has 1 saturated heterocycles. The van der Waals surface area contributed by atoms with Gasteiger partial charge in [0.15, 0.2) is 0 Å². The van der Waals surface area contributed by atoms with Crippen LogP contribution >= 0.6 is 11.6 Å². The van der Waals surface area contributed by atoms with E-state index in [-0.39, 0.29) is 17.9 Å². The Kier molecular flexibility index (Phi) is 5.32. The van der Waals surface area contributed by atoms with E-state index in [4.69, 9.17) is 16.3 Å². The number of anilines is 1. The molecule has 0 aromatic heterocycles. The van der Waals surface area contributed by atoms with Gasteiger partial charge in [0, 0.05) is 5.69 Å². The van der Waals surface area contributed by atoms with Crippen LogP contribution in [0, 0.1) is 11.3 Å². The summed E-state index contributed by atoms with van der Waals surface area (Å²) in [5.41, 5.74) is -0.509. The first-order chi connectivity index (χ1) is 13.0. The van der Waals surface area contributed by atoms with Crippen LogP contribution in [0.2, 0.25) is 5.02 Å². The summed E-state index contributed by atoms with van der Waals surface area (Å²) < 4.78 is 5.08. The number of ether oxygens (including phenoxy) is 1. The Morgan fingerprint density at radius 1 is 1.36 bits per heavy atom. The monoisotopic (exact) mass is 407 g/mol. The average molecular weight is 408 g/mol. The van der Waals surface area contributed by atoms with Gasteiger partial charge in [-0.25, -0.2) is 4.79 Å². The molecule has 2 atom stereocenters. The Hall–Kier alpha value is -2.28. The lowest BCUT2D eigenvalue weighted by atomic mass is 9.64. The molecule has 8 heteroatoms. The van der Waals surface area contributed by atoms with Crippen molar-refractivity contribution >= 4 is 35.1 Å². The van der Waals surface area contributed by atoms with Crippen LogP contribution in [-0.4, -0.2) is 41.9 Å². The lowest BCUT2D eigenvalue weighted by Crippen LogP contribution is -2.54. The van der Waals surface area contributed by atoms with Gasteiger partial charge in [0.2, 0.25) is 5.91 Å². The molecule has 2 aliphatic rings. The highest BCUT2D eigenvalue weighted by molar-refractivity contribution is 6.32. The number of benzene rings is 1. The van der Waals surface area contributed by atoms with Gasteiger partial charge in [0.1, 0.15) is 17.8 Å². The van der Waals surface area contributed by atoms with Crippen molar-refractivity contribution in [3.8, 4) is 5.75 Å². The van der Waals surface area contributed by atoms with Gasteiger partial charge in [-0.3, -0.25) is 14.5 Å². The van der Waals surface area contributed by atoms with Crippen LogP contribution < -0.4 is 15.4 Å². The van der Waals surface area contributed by atoms with E-state index in [1.807, 2.05) is 0 Å². The molecule has 1 spiro atoms. The zero-order chi connectivity index (χ0) is 20.7. The zero-order valence-corrected chi connectivity index (χ0v) is 17.4. The lowest BCUT2D eigenvalue weighted by molar-refractivity contribution is -0.136. The molecule has 0 bridgehead atoms. The molecule has 2 fully saturated rings. The average Bonchev–Trinajstić information content (AvgIpc) is 2.76. The second-order valence-electron chi connectivity index (χ2n) is 8.66. The maximum atomic E-state index is 13.1. The Bertz CT molecular complexity index is 826. The van der Waals surface area contributed by atoms with Gasteiger partial charge >= 0.3 is 6.03 Å². The van der Waals surface area contributed by atoms with E-state index >= 15 is 0 Å². The number of hydrogen-bond donors (Lipinski definition) is 2. The van der Waals surface area contributed by atoms with Crippen molar-refractivity contribution < 1.29 is 19.1 Å². The first kappa shape index (κ1) is 20.5. The van der Waals surface area contributed by atoms with Gasteiger partial charge < -0.3 is 15.4 Å². The molecule has 1 aromatic rings. The van der Waals surface area contributed by atoms with Crippen molar-refractivity contribution in [3.05, 3.63) is 23.2 Å². The number of carbonyl (C=O) groups is 3. The molecular formula is C20H26ClN3O4. The zero-order valence-electron chi connectivity index (χ0n) is 16.6. The third kappa shape index (κ3) is 3.94. The Labute approximate surface area is 169 Å². The second kappa shape index (κ2) is 7.28. The van der Waals surface area contributed by atoms with Crippen LogP contribution in [0.3, 0.4) is 0 Å². The molecule has 3 rings (SSSR count). The van der Waals surface area contributed by atoms with E-state index in [0.717, 1.165) is 11.3 Å².